The van der Waals surface area contributed by atoms with E-state index in [2.05, 4.69) is 5.32 Å². The second-order valence-electron chi connectivity index (χ2n) is 1.51. The molecule has 0 bridgehead atoms. The number of nitrogens with one attached hydrogen (secondary N) is 1. The number of hydrogen-bond acceptors (Lipinski definition) is 2. The lowest BCUT2D eigenvalue weighted by Gasteiger charge is -1.96. The van der Waals surface area contributed by atoms with Gasteiger partial charge in [-0.25, -0.2) is 0 Å². The Labute approximate surface area is 63.4 Å². The standard InChI is InChI=1S/C5H11NO2.2CH4/c1-2-3-6-5(8)4-7;;/h7H,2-4H2,1H3,(H,6,8);2*1H4. The minimum absolute atomic E-state index is 0. The second-order valence-corrected chi connectivity index (χ2v) is 1.51. The number of aliphatic hydroxyl groups excluding tert-OH is 1. The van der Waals surface area contributed by atoms with E-state index in [0.29, 0.717) is 6.54 Å². The highest BCUT2D eigenvalue weighted by atomic mass is 16.3. The Hall–Kier alpha value is -0.570. The first-order chi connectivity index (χ1) is 3.81. The molecule has 0 spiro atoms. The molecule has 0 aliphatic rings. The minimum atomic E-state index is -0.403. The highest BCUT2D eigenvalue weighted by molar-refractivity contribution is 5.76. The molecule has 0 aromatic heterocycles. The molecule has 0 aliphatic heterocycles. The average molecular weight is 149 g/mol. The monoisotopic (exact) mass is 149 g/mol. The van der Waals surface area contributed by atoms with Crippen LogP contribution in [0.1, 0.15) is 28.2 Å². The van der Waals surface area contributed by atoms with Crippen LogP contribution in [0.15, 0.2) is 0 Å². The summed E-state index contributed by atoms with van der Waals surface area (Å²) in [5.41, 5.74) is 0. The van der Waals surface area contributed by atoms with Gasteiger partial charge in [0.1, 0.15) is 6.61 Å². The van der Waals surface area contributed by atoms with Crippen LogP contribution < -0.4 is 5.32 Å². The lowest BCUT2D eigenvalue weighted by atomic mass is 10.5. The fourth-order valence-corrected chi connectivity index (χ4v) is 0.320. The van der Waals surface area contributed by atoms with E-state index in [9.17, 15) is 4.79 Å². The van der Waals surface area contributed by atoms with Crippen molar-refractivity contribution in [3.63, 3.8) is 0 Å². The van der Waals surface area contributed by atoms with Crippen LogP contribution >= 0.6 is 0 Å². The number of hydrogen-bond donors (Lipinski definition) is 2. The molecule has 0 atom stereocenters. The summed E-state index contributed by atoms with van der Waals surface area (Å²) in [7, 11) is 0. The molecule has 0 aliphatic carbocycles. The van der Waals surface area contributed by atoms with E-state index in [-0.39, 0.29) is 20.8 Å². The summed E-state index contributed by atoms with van der Waals surface area (Å²) < 4.78 is 0. The Kier molecular flexibility index (Phi) is 18.2. The summed E-state index contributed by atoms with van der Waals surface area (Å²) in [5, 5.41) is 10.6. The third-order valence-electron chi connectivity index (χ3n) is 0.716. The Morgan fingerprint density at radius 3 is 2.30 bits per heavy atom. The van der Waals surface area contributed by atoms with E-state index in [1.807, 2.05) is 6.92 Å². The highest BCUT2D eigenvalue weighted by Crippen LogP contribution is 1.68. The molecule has 10 heavy (non-hydrogen) atoms. The normalized spacial score (nSPS) is 7.00. The first-order valence-corrected chi connectivity index (χ1v) is 2.68. The van der Waals surface area contributed by atoms with Gasteiger partial charge in [-0.1, -0.05) is 21.8 Å². The minimum Gasteiger partial charge on any atom is -0.387 e. The Balaban J connectivity index is -0.000000245. The van der Waals surface area contributed by atoms with Crippen molar-refractivity contribution in [2.24, 2.45) is 0 Å². The van der Waals surface area contributed by atoms with Crippen LogP contribution in [0.2, 0.25) is 0 Å². The van der Waals surface area contributed by atoms with Crippen molar-refractivity contribution in [2.75, 3.05) is 13.2 Å². The Morgan fingerprint density at radius 1 is 1.50 bits per heavy atom. The maximum Gasteiger partial charge on any atom is 0.245 e. The van der Waals surface area contributed by atoms with Gasteiger partial charge in [-0.05, 0) is 6.42 Å². The quantitative estimate of drug-likeness (QED) is 0.623. The van der Waals surface area contributed by atoms with E-state index in [1.54, 1.807) is 0 Å². The van der Waals surface area contributed by atoms with Crippen LogP contribution in [-0.2, 0) is 4.79 Å². The highest BCUT2D eigenvalue weighted by Gasteiger charge is 1.91. The number of carbonyl (C=O) groups is 1. The second kappa shape index (κ2) is 11.3. The molecule has 3 heteroatoms. The van der Waals surface area contributed by atoms with Gasteiger partial charge in [0.05, 0.1) is 0 Å². The lowest BCUT2D eigenvalue weighted by Crippen LogP contribution is -2.26. The van der Waals surface area contributed by atoms with Crippen molar-refractivity contribution < 1.29 is 9.90 Å². The van der Waals surface area contributed by atoms with Crippen LogP contribution in [-0.4, -0.2) is 24.2 Å². The first kappa shape index (κ1) is 16.2. The molecule has 0 aromatic rings. The summed E-state index contributed by atoms with van der Waals surface area (Å²) in [6.45, 7) is 2.21. The Bertz CT molecular complexity index is 74.0. The molecule has 0 rings (SSSR count). The van der Waals surface area contributed by atoms with Crippen molar-refractivity contribution >= 4 is 5.91 Å². The van der Waals surface area contributed by atoms with Crippen molar-refractivity contribution in [2.45, 2.75) is 28.2 Å². The molecule has 0 unspecified atom stereocenters. The smallest absolute Gasteiger partial charge is 0.245 e. The lowest BCUT2D eigenvalue weighted by molar-refractivity contribution is -0.123. The molecule has 0 radical (unpaired) electrons. The van der Waals surface area contributed by atoms with Crippen LogP contribution in [0.4, 0.5) is 0 Å². The van der Waals surface area contributed by atoms with Gasteiger partial charge in [-0.3, -0.25) is 4.79 Å². The summed E-state index contributed by atoms with van der Waals surface area (Å²) >= 11 is 0. The molecule has 1 amide bonds. The molecule has 0 heterocycles. The predicted molar refractivity (Wildman–Crippen MR) is 43.8 cm³/mol. The number of rotatable bonds is 3. The first-order valence-electron chi connectivity index (χ1n) is 2.68. The maximum atomic E-state index is 10.2. The van der Waals surface area contributed by atoms with Crippen LogP contribution in [0.25, 0.3) is 0 Å². The van der Waals surface area contributed by atoms with Gasteiger partial charge >= 0.3 is 0 Å². The predicted octanol–water partition coefficient (Wildman–Crippen LogP) is 0.777. The van der Waals surface area contributed by atoms with Gasteiger partial charge in [0.25, 0.3) is 0 Å². The zero-order valence-electron chi connectivity index (χ0n) is 4.98. The summed E-state index contributed by atoms with van der Waals surface area (Å²) in [5.74, 6) is -0.299. The van der Waals surface area contributed by atoms with Crippen molar-refractivity contribution in [1.29, 1.82) is 0 Å². The van der Waals surface area contributed by atoms with Gasteiger partial charge in [-0.15, -0.1) is 0 Å². The van der Waals surface area contributed by atoms with E-state index >= 15 is 0 Å². The molecular formula is C7H19NO2. The van der Waals surface area contributed by atoms with Crippen LogP contribution in [0, 0.1) is 0 Å². The van der Waals surface area contributed by atoms with Gasteiger partial charge in [-0.2, -0.15) is 0 Å². The molecule has 0 saturated carbocycles. The molecular weight excluding hydrogens is 130 g/mol. The zero-order chi connectivity index (χ0) is 6.41. The number of amides is 1. The van der Waals surface area contributed by atoms with Gasteiger partial charge < -0.3 is 10.4 Å². The third kappa shape index (κ3) is 10.4. The molecule has 2 N–H and O–H groups in total. The van der Waals surface area contributed by atoms with Crippen molar-refractivity contribution in [3.8, 4) is 0 Å². The van der Waals surface area contributed by atoms with E-state index in [1.165, 1.54) is 0 Å². The summed E-state index contributed by atoms with van der Waals surface area (Å²) in [6, 6.07) is 0. The fourth-order valence-electron chi connectivity index (χ4n) is 0.320. The van der Waals surface area contributed by atoms with Gasteiger partial charge in [0.2, 0.25) is 5.91 Å². The van der Waals surface area contributed by atoms with Gasteiger partial charge in [0.15, 0.2) is 0 Å². The van der Waals surface area contributed by atoms with Crippen molar-refractivity contribution in [1.82, 2.24) is 5.32 Å². The molecule has 0 fully saturated rings. The SMILES string of the molecule is C.C.CCCNC(=O)CO. The van der Waals surface area contributed by atoms with Crippen molar-refractivity contribution in [3.05, 3.63) is 0 Å². The fraction of sp³-hybridized carbons (Fsp3) is 0.857. The van der Waals surface area contributed by atoms with E-state index < -0.39 is 6.61 Å². The maximum absolute atomic E-state index is 10.2. The van der Waals surface area contributed by atoms with Gasteiger partial charge in [0, 0.05) is 6.54 Å². The zero-order valence-corrected chi connectivity index (χ0v) is 4.98. The van der Waals surface area contributed by atoms with Crippen LogP contribution in [0.3, 0.4) is 0 Å². The Morgan fingerprint density at radius 2 is 2.00 bits per heavy atom. The number of carbonyl (C=O) groups excluding carboxylic acids is 1. The molecule has 0 aromatic carbocycles. The third-order valence-corrected chi connectivity index (χ3v) is 0.716. The average Bonchev–Trinajstić information content (AvgIpc) is 1.83. The molecule has 3 nitrogen and oxygen atoms in total. The molecule has 0 saturated heterocycles. The summed E-state index contributed by atoms with van der Waals surface area (Å²) in [6.07, 6.45) is 0.908. The summed E-state index contributed by atoms with van der Waals surface area (Å²) in [4.78, 5) is 10.2. The molecule has 64 valence electrons. The van der Waals surface area contributed by atoms with E-state index in [4.69, 9.17) is 5.11 Å². The largest absolute Gasteiger partial charge is 0.387 e. The van der Waals surface area contributed by atoms with Crippen LogP contribution in [0.5, 0.6) is 0 Å². The van der Waals surface area contributed by atoms with E-state index in [0.717, 1.165) is 6.42 Å². The number of aliphatic hydroxyl groups is 1. The topological polar surface area (TPSA) is 49.3 Å².